The molecule has 0 aliphatic carbocycles. The maximum atomic E-state index is 12.2. The summed E-state index contributed by atoms with van der Waals surface area (Å²) in [5.74, 6) is 0.915. The van der Waals surface area contributed by atoms with Crippen LogP contribution in [0.15, 0.2) is 47.1 Å². The normalized spacial score (nSPS) is 12.4. The maximum Gasteiger partial charge on any atom is 0.261 e. The van der Waals surface area contributed by atoms with Crippen LogP contribution in [0.5, 0.6) is 5.75 Å². The molecule has 0 aliphatic rings. The SMILES string of the molecule is CC[C@@H](Oc1ccc(N(C)S(C)(=O)=O)cc1)C(=O)NCc1ccco1. The number of sulfonamides is 1. The van der Waals surface area contributed by atoms with Crippen molar-refractivity contribution in [1.29, 1.82) is 0 Å². The van der Waals surface area contributed by atoms with Gasteiger partial charge in [0.25, 0.3) is 5.91 Å². The second-order valence-electron chi connectivity index (χ2n) is 5.54. The molecule has 1 atom stereocenters. The molecule has 25 heavy (non-hydrogen) atoms. The molecule has 0 unspecified atom stereocenters. The topological polar surface area (TPSA) is 88.8 Å². The van der Waals surface area contributed by atoms with Crippen LogP contribution < -0.4 is 14.4 Å². The van der Waals surface area contributed by atoms with Crippen molar-refractivity contribution in [2.24, 2.45) is 0 Å². The minimum atomic E-state index is -3.32. The largest absolute Gasteiger partial charge is 0.481 e. The lowest BCUT2D eigenvalue weighted by Crippen LogP contribution is -2.37. The summed E-state index contributed by atoms with van der Waals surface area (Å²) in [6, 6.07) is 10.1. The van der Waals surface area contributed by atoms with E-state index in [9.17, 15) is 13.2 Å². The van der Waals surface area contributed by atoms with E-state index >= 15 is 0 Å². The van der Waals surface area contributed by atoms with Crippen LogP contribution in [0.3, 0.4) is 0 Å². The molecule has 1 heterocycles. The van der Waals surface area contributed by atoms with Gasteiger partial charge in [-0.1, -0.05) is 6.92 Å². The van der Waals surface area contributed by atoms with Crippen LogP contribution in [-0.4, -0.2) is 33.7 Å². The van der Waals surface area contributed by atoms with E-state index in [1.165, 1.54) is 11.4 Å². The molecule has 0 fully saturated rings. The number of benzene rings is 1. The summed E-state index contributed by atoms with van der Waals surface area (Å²) in [5.41, 5.74) is 0.519. The Morgan fingerprint density at radius 1 is 1.28 bits per heavy atom. The van der Waals surface area contributed by atoms with Crippen LogP contribution in [0.1, 0.15) is 19.1 Å². The number of anilines is 1. The average molecular weight is 366 g/mol. The smallest absolute Gasteiger partial charge is 0.261 e. The zero-order valence-corrected chi connectivity index (χ0v) is 15.2. The Kier molecular flexibility index (Phi) is 6.08. The highest BCUT2D eigenvalue weighted by molar-refractivity contribution is 7.92. The van der Waals surface area contributed by atoms with Gasteiger partial charge < -0.3 is 14.5 Å². The van der Waals surface area contributed by atoms with Gasteiger partial charge in [0.05, 0.1) is 24.8 Å². The Bertz CT molecular complexity index is 785. The Morgan fingerprint density at radius 2 is 1.96 bits per heavy atom. The number of nitrogens with one attached hydrogen (secondary N) is 1. The minimum Gasteiger partial charge on any atom is -0.481 e. The molecule has 1 aromatic heterocycles. The van der Waals surface area contributed by atoms with Crippen molar-refractivity contribution < 1.29 is 22.4 Å². The van der Waals surface area contributed by atoms with Crippen LogP contribution in [0, 0.1) is 0 Å². The summed E-state index contributed by atoms with van der Waals surface area (Å²) in [6.45, 7) is 2.15. The van der Waals surface area contributed by atoms with Gasteiger partial charge in [0.1, 0.15) is 11.5 Å². The third-order valence-electron chi connectivity index (χ3n) is 3.66. The summed E-state index contributed by atoms with van der Waals surface area (Å²) in [6.07, 6.45) is 2.53. The molecule has 0 radical (unpaired) electrons. The van der Waals surface area contributed by atoms with Crippen molar-refractivity contribution in [3.8, 4) is 5.75 Å². The van der Waals surface area contributed by atoms with Crippen molar-refractivity contribution in [2.45, 2.75) is 26.0 Å². The number of hydrogen-bond acceptors (Lipinski definition) is 5. The first-order valence-corrected chi connectivity index (χ1v) is 9.66. The Hall–Kier alpha value is -2.48. The van der Waals surface area contributed by atoms with E-state index in [0.29, 0.717) is 30.2 Å². The number of nitrogens with zero attached hydrogens (tertiary/aromatic N) is 1. The molecule has 7 nitrogen and oxygen atoms in total. The molecule has 0 saturated carbocycles. The summed E-state index contributed by atoms with van der Waals surface area (Å²) >= 11 is 0. The van der Waals surface area contributed by atoms with Crippen molar-refractivity contribution in [3.63, 3.8) is 0 Å². The van der Waals surface area contributed by atoms with Crippen molar-refractivity contribution >= 4 is 21.6 Å². The lowest BCUT2D eigenvalue weighted by atomic mass is 10.2. The summed E-state index contributed by atoms with van der Waals surface area (Å²) < 4.78 is 35.1. The Morgan fingerprint density at radius 3 is 2.48 bits per heavy atom. The molecule has 2 aromatic rings. The highest BCUT2D eigenvalue weighted by Crippen LogP contribution is 2.21. The molecular formula is C17H22N2O5S. The van der Waals surface area contributed by atoms with Gasteiger partial charge in [-0.25, -0.2) is 8.42 Å². The molecule has 0 saturated heterocycles. The number of furan rings is 1. The van der Waals surface area contributed by atoms with E-state index in [4.69, 9.17) is 9.15 Å². The monoisotopic (exact) mass is 366 g/mol. The first-order chi connectivity index (χ1) is 11.8. The van der Waals surface area contributed by atoms with Crippen LogP contribution >= 0.6 is 0 Å². The van der Waals surface area contributed by atoms with Gasteiger partial charge in [-0.2, -0.15) is 0 Å². The van der Waals surface area contributed by atoms with Gasteiger partial charge in [0, 0.05) is 7.05 Å². The fourth-order valence-corrected chi connectivity index (χ4v) is 2.62. The van der Waals surface area contributed by atoms with Crippen LogP contribution in [-0.2, 0) is 21.4 Å². The van der Waals surface area contributed by atoms with Crippen LogP contribution in [0.2, 0.25) is 0 Å². The summed E-state index contributed by atoms with van der Waals surface area (Å²) in [4.78, 5) is 12.2. The molecule has 1 aromatic carbocycles. The predicted octanol–water partition coefficient (Wildman–Crippen LogP) is 2.15. The van der Waals surface area contributed by atoms with E-state index < -0.39 is 16.1 Å². The quantitative estimate of drug-likeness (QED) is 0.773. The number of ether oxygens (including phenoxy) is 1. The molecule has 0 aliphatic heterocycles. The van der Waals surface area contributed by atoms with Gasteiger partial charge in [0.2, 0.25) is 10.0 Å². The molecule has 0 spiro atoms. The molecule has 0 bridgehead atoms. The third kappa shape index (κ3) is 5.25. The maximum absolute atomic E-state index is 12.2. The lowest BCUT2D eigenvalue weighted by Gasteiger charge is -2.19. The average Bonchev–Trinajstić information content (AvgIpc) is 3.10. The number of carbonyl (C=O) groups excluding carboxylic acids is 1. The van der Waals surface area contributed by atoms with E-state index in [2.05, 4.69) is 5.32 Å². The molecular weight excluding hydrogens is 344 g/mol. The first-order valence-electron chi connectivity index (χ1n) is 7.82. The van der Waals surface area contributed by atoms with Crippen molar-refractivity contribution in [3.05, 3.63) is 48.4 Å². The third-order valence-corrected chi connectivity index (χ3v) is 4.86. The van der Waals surface area contributed by atoms with E-state index in [0.717, 1.165) is 6.26 Å². The summed E-state index contributed by atoms with van der Waals surface area (Å²) in [5, 5.41) is 2.76. The second kappa shape index (κ2) is 8.06. The van der Waals surface area contributed by atoms with E-state index in [1.807, 2.05) is 6.92 Å². The molecule has 1 amide bonds. The summed E-state index contributed by atoms with van der Waals surface area (Å²) in [7, 11) is -1.84. The standard InChI is InChI=1S/C17H22N2O5S/c1-4-16(17(20)18-12-15-6-5-11-23-15)24-14-9-7-13(8-10-14)19(2)25(3,21)22/h5-11,16H,4,12H2,1-3H3,(H,18,20)/t16-/m1/s1. The lowest BCUT2D eigenvalue weighted by molar-refractivity contribution is -0.128. The zero-order chi connectivity index (χ0) is 18.4. The van der Waals surface area contributed by atoms with Crippen molar-refractivity contribution in [1.82, 2.24) is 5.32 Å². The van der Waals surface area contributed by atoms with Gasteiger partial charge in [-0.3, -0.25) is 9.10 Å². The second-order valence-corrected chi connectivity index (χ2v) is 7.55. The fourth-order valence-electron chi connectivity index (χ4n) is 2.11. The first kappa shape index (κ1) is 18.9. The number of rotatable bonds is 8. The zero-order valence-electron chi connectivity index (χ0n) is 14.4. The van der Waals surface area contributed by atoms with Gasteiger partial charge in [-0.05, 0) is 42.8 Å². The van der Waals surface area contributed by atoms with Gasteiger partial charge >= 0.3 is 0 Å². The number of hydrogen-bond donors (Lipinski definition) is 1. The minimum absolute atomic E-state index is 0.240. The van der Waals surface area contributed by atoms with Crippen LogP contribution in [0.4, 0.5) is 5.69 Å². The van der Waals surface area contributed by atoms with Crippen molar-refractivity contribution in [2.75, 3.05) is 17.6 Å². The molecule has 8 heteroatoms. The highest BCUT2D eigenvalue weighted by atomic mass is 32.2. The van der Waals surface area contributed by atoms with Crippen LogP contribution in [0.25, 0.3) is 0 Å². The number of carbonyl (C=O) groups is 1. The number of amides is 1. The molecule has 136 valence electrons. The Balaban J connectivity index is 1.97. The Labute approximate surface area is 147 Å². The highest BCUT2D eigenvalue weighted by Gasteiger charge is 2.19. The van der Waals surface area contributed by atoms with E-state index in [-0.39, 0.29) is 5.91 Å². The fraction of sp³-hybridized carbons (Fsp3) is 0.353. The molecule has 2 rings (SSSR count). The van der Waals surface area contributed by atoms with Gasteiger partial charge in [-0.15, -0.1) is 0 Å². The van der Waals surface area contributed by atoms with E-state index in [1.54, 1.807) is 42.7 Å². The molecule has 1 N–H and O–H groups in total. The van der Waals surface area contributed by atoms with Gasteiger partial charge in [0.15, 0.2) is 6.10 Å². The predicted molar refractivity (Wildman–Crippen MR) is 95.0 cm³/mol.